The summed E-state index contributed by atoms with van der Waals surface area (Å²) in [5.41, 5.74) is 3.95. The van der Waals surface area contributed by atoms with Gasteiger partial charge in [-0.2, -0.15) is 0 Å². The third kappa shape index (κ3) is 6.54. The fraction of sp³-hybridized carbons (Fsp3) is 0.500. The Bertz CT molecular complexity index is 1380. The number of pyridine rings is 1. The van der Waals surface area contributed by atoms with E-state index in [2.05, 4.69) is 22.5 Å². The van der Waals surface area contributed by atoms with Crippen molar-refractivity contribution in [3.8, 4) is 0 Å². The van der Waals surface area contributed by atoms with Crippen molar-refractivity contribution in [2.45, 2.75) is 87.7 Å². The molecular weight excluding hydrogens is 570 g/mol. The molecule has 4 atom stereocenters. The van der Waals surface area contributed by atoms with Crippen LogP contribution >= 0.6 is 11.8 Å². The second kappa shape index (κ2) is 12.8. The average Bonchev–Trinajstić information content (AvgIpc) is 3.03. The molecule has 1 saturated heterocycles. The Morgan fingerprint density at radius 1 is 0.909 bits per heavy atom. The van der Waals surface area contributed by atoms with Crippen molar-refractivity contribution in [2.75, 3.05) is 5.75 Å². The van der Waals surface area contributed by atoms with Crippen LogP contribution in [0.4, 0.5) is 4.79 Å². The van der Waals surface area contributed by atoms with Gasteiger partial charge in [0.1, 0.15) is 0 Å². The van der Waals surface area contributed by atoms with Crippen LogP contribution in [-0.2, 0) is 22.6 Å². The molecule has 44 heavy (non-hydrogen) atoms. The van der Waals surface area contributed by atoms with Crippen LogP contribution in [0.2, 0.25) is 0 Å². The quantitative estimate of drug-likeness (QED) is 0.227. The number of rotatable bonds is 9. The van der Waals surface area contributed by atoms with Crippen molar-refractivity contribution < 1.29 is 19.4 Å². The van der Waals surface area contributed by atoms with E-state index in [1.54, 1.807) is 11.8 Å². The van der Waals surface area contributed by atoms with Crippen LogP contribution in [0, 0.1) is 23.7 Å². The zero-order valence-corrected chi connectivity index (χ0v) is 26.2. The van der Waals surface area contributed by atoms with Crippen LogP contribution in [0.25, 0.3) is 0 Å². The number of nitrogens with zero attached hydrogens (tertiary/aromatic N) is 1. The van der Waals surface area contributed by atoms with Crippen LogP contribution < -0.4 is 10.6 Å². The van der Waals surface area contributed by atoms with Crippen LogP contribution in [-0.4, -0.2) is 33.5 Å². The summed E-state index contributed by atoms with van der Waals surface area (Å²) < 4.78 is 13.2. The maximum atomic E-state index is 13.0. The van der Waals surface area contributed by atoms with Crippen LogP contribution in [0.3, 0.4) is 0 Å². The van der Waals surface area contributed by atoms with Crippen LogP contribution in [0.5, 0.6) is 0 Å². The molecule has 0 unspecified atom stereocenters. The van der Waals surface area contributed by atoms with Crippen LogP contribution in [0.15, 0.2) is 78.0 Å². The lowest BCUT2D eigenvalue weighted by atomic mass is 9.53. The lowest BCUT2D eigenvalue weighted by molar-refractivity contribution is -0.268. The normalized spacial score (nSPS) is 32.4. The van der Waals surface area contributed by atoms with Crippen molar-refractivity contribution in [3.63, 3.8) is 0 Å². The fourth-order valence-corrected chi connectivity index (χ4v) is 9.46. The molecule has 7 nitrogen and oxygen atoms in total. The van der Waals surface area contributed by atoms with Gasteiger partial charge >= 0.3 is 6.03 Å². The molecule has 2 heterocycles. The van der Waals surface area contributed by atoms with E-state index in [0.717, 1.165) is 70.0 Å². The molecule has 3 N–H and O–H groups in total. The second-order valence-electron chi connectivity index (χ2n) is 13.5. The largest absolute Gasteiger partial charge is 0.392 e. The van der Waals surface area contributed by atoms with Gasteiger partial charge in [0.05, 0.1) is 23.8 Å². The van der Waals surface area contributed by atoms with E-state index in [0.29, 0.717) is 6.54 Å². The lowest BCUT2D eigenvalue weighted by Gasteiger charge is -2.56. The number of thioether (sulfide) groups is 1. The molecule has 8 heteroatoms. The Morgan fingerprint density at radius 2 is 1.57 bits per heavy atom. The Labute approximate surface area is 264 Å². The molecule has 5 fully saturated rings. The SMILES string of the molecule is C[C@H]1[C@@H](CSc2ccccn2)O[C@@H](c2ccc(CNC(=O)NC34CC5CC(CC(C5)C3)C4)cc2)O[C@H]1c1ccc(CO)cc1. The summed E-state index contributed by atoms with van der Waals surface area (Å²) in [4.78, 5) is 17.4. The van der Waals surface area contributed by atoms with Crippen molar-refractivity contribution >= 4 is 17.8 Å². The topological polar surface area (TPSA) is 92.7 Å². The molecule has 4 aliphatic carbocycles. The second-order valence-corrected chi connectivity index (χ2v) is 14.6. The molecule has 3 aromatic rings. The number of amides is 2. The summed E-state index contributed by atoms with van der Waals surface area (Å²) in [7, 11) is 0. The van der Waals surface area contributed by atoms with Crippen molar-refractivity contribution in [3.05, 3.63) is 95.2 Å². The summed E-state index contributed by atoms with van der Waals surface area (Å²) in [6, 6.07) is 22.1. The number of aliphatic hydroxyl groups is 1. The van der Waals surface area contributed by atoms with Crippen molar-refractivity contribution in [2.24, 2.45) is 23.7 Å². The van der Waals surface area contributed by atoms with Gasteiger partial charge in [0.15, 0.2) is 6.29 Å². The number of hydrogen-bond acceptors (Lipinski definition) is 6. The number of benzene rings is 2. The molecule has 8 rings (SSSR count). The number of hydrogen-bond donors (Lipinski definition) is 3. The van der Waals surface area contributed by atoms with Gasteiger partial charge in [-0.1, -0.05) is 61.5 Å². The number of ether oxygens (including phenoxy) is 2. The first-order chi connectivity index (χ1) is 21.4. The number of aromatic nitrogens is 1. The van der Waals surface area contributed by atoms with Gasteiger partial charge in [0.25, 0.3) is 0 Å². The molecule has 2 aromatic carbocycles. The minimum absolute atomic E-state index is 0.00977. The highest BCUT2D eigenvalue weighted by Crippen LogP contribution is 2.55. The fourth-order valence-electron chi connectivity index (χ4n) is 8.43. The molecule has 0 spiro atoms. The van der Waals surface area contributed by atoms with E-state index in [9.17, 15) is 9.90 Å². The predicted molar refractivity (Wildman–Crippen MR) is 171 cm³/mol. The van der Waals surface area contributed by atoms with E-state index in [1.165, 1.54) is 19.3 Å². The molecule has 4 bridgehead atoms. The average molecular weight is 614 g/mol. The molecule has 2 amide bonds. The molecule has 1 aliphatic heterocycles. The van der Waals surface area contributed by atoms with Crippen molar-refractivity contribution in [1.82, 2.24) is 15.6 Å². The molecule has 0 radical (unpaired) electrons. The van der Waals surface area contributed by atoms with E-state index in [1.807, 2.05) is 72.9 Å². The molecule has 1 aromatic heterocycles. The van der Waals surface area contributed by atoms with E-state index in [-0.39, 0.29) is 36.3 Å². The van der Waals surface area contributed by atoms with Crippen LogP contribution in [0.1, 0.15) is 80.1 Å². The van der Waals surface area contributed by atoms with Gasteiger partial charge in [-0.3, -0.25) is 0 Å². The standard InChI is InChI=1S/C36H43N3O4S/c1-23-31(22-44-32-4-2-3-13-37-32)42-34(43-33(23)29-9-7-25(21-40)8-10-29)30-11-5-24(6-12-30)20-38-35(41)39-36-17-26-14-27(18-36)16-28(15-26)19-36/h2-13,23,26-28,31,33-34,40H,14-22H2,1H3,(H2,38,39,41)/t23-,26?,27?,28?,31+,33+,34+,36?/m0/s1. The maximum absolute atomic E-state index is 13.0. The highest BCUT2D eigenvalue weighted by atomic mass is 32.2. The van der Waals surface area contributed by atoms with Gasteiger partial charge in [0.2, 0.25) is 0 Å². The Hall–Kier alpha value is -2.91. The Balaban J connectivity index is 1.00. The van der Waals surface area contributed by atoms with E-state index in [4.69, 9.17) is 9.47 Å². The summed E-state index contributed by atoms with van der Waals surface area (Å²) >= 11 is 1.69. The number of carbonyl (C=O) groups is 1. The first-order valence-electron chi connectivity index (χ1n) is 16.1. The smallest absolute Gasteiger partial charge is 0.315 e. The van der Waals surface area contributed by atoms with Gasteiger partial charge in [-0.15, -0.1) is 11.8 Å². The summed E-state index contributed by atoms with van der Waals surface area (Å²) in [6.45, 7) is 2.67. The summed E-state index contributed by atoms with van der Waals surface area (Å²) in [5.74, 6) is 3.26. The Kier molecular flexibility index (Phi) is 8.69. The third-order valence-corrected chi connectivity index (χ3v) is 11.3. The lowest BCUT2D eigenvalue weighted by Crippen LogP contribution is -2.61. The van der Waals surface area contributed by atoms with Gasteiger partial charge < -0.3 is 25.2 Å². The predicted octanol–water partition coefficient (Wildman–Crippen LogP) is 6.93. The zero-order valence-electron chi connectivity index (χ0n) is 25.4. The first-order valence-corrected chi connectivity index (χ1v) is 17.1. The Morgan fingerprint density at radius 3 is 2.20 bits per heavy atom. The number of aliphatic hydroxyl groups excluding tert-OH is 1. The highest BCUT2D eigenvalue weighted by molar-refractivity contribution is 7.99. The number of urea groups is 1. The maximum Gasteiger partial charge on any atom is 0.315 e. The highest BCUT2D eigenvalue weighted by Gasteiger charge is 2.51. The molecule has 232 valence electrons. The van der Waals surface area contributed by atoms with Gasteiger partial charge in [0, 0.05) is 35.5 Å². The molecular formula is C36H43N3O4S. The van der Waals surface area contributed by atoms with Gasteiger partial charge in [-0.05, 0) is 85.1 Å². The minimum atomic E-state index is -0.524. The third-order valence-electron chi connectivity index (χ3n) is 10.3. The van der Waals surface area contributed by atoms with E-state index >= 15 is 0 Å². The summed E-state index contributed by atoms with van der Waals surface area (Å²) in [6.07, 6.45) is 8.61. The number of carbonyl (C=O) groups excluding carboxylic acids is 1. The van der Waals surface area contributed by atoms with E-state index < -0.39 is 6.29 Å². The minimum Gasteiger partial charge on any atom is -0.392 e. The number of nitrogens with one attached hydrogen (secondary N) is 2. The molecule has 5 aliphatic rings. The first kappa shape index (κ1) is 29.8. The van der Waals surface area contributed by atoms with Gasteiger partial charge in [-0.25, -0.2) is 9.78 Å². The van der Waals surface area contributed by atoms with Crippen molar-refractivity contribution in [1.29, 1.82) is 0 Å². The summed E-state index contributed by atoms with van der Waals surface area (Å²) in [5, 5.41) is 17.0. The monoisotopic (exact) mass is 613 g/mol. The zero-order chi connectivity index (χ0) is 30.1. The molecule has 4 saturated carbocycles.